The van der Waals surface area contributed by atoms with Crippen LogP contribution in [0.15, 0.2) is 12.3 Å². The zero-order valence-corrected chi connectivity index (χ0v) is 14.5. The highest BCUT2D eigenvalue weighted by Crippen LogP contribution is 2.11. The molecule has 1 N–H and O–H groups in total. The minimum absolute atomic E-state index is 0.783. The lowest BCUT2D eigenvalue weighted by atomic mass is 10.1. The maximum absolute atomic E-state index is 4.10. The van der Waals surface area contributed by atoms with Gasteiger partial charge in [0.15, 0.2) is 0 Å². The van der Waals surface area contributed by atoms with Crippen molar-refractivity contribution in [3.8, 4) is 0 Å². The number of allylic oxidation sites excluding steroid dienone is 1. The minimum atomic E-state index is 0.783. The highest BCUT2D eigenvalue weighted by Gasteiger charge is 1.97. The van der Waals surface area contributed by atoms with E-state index >= 15 is 0 Å². The lowest BCUT2D eigenvalue weighted by Gasteiger charge is -2.10. The van der Waals surface area contributed by atoms with Gasteiger partial charge in [0.1, 0.15) is 0 Å². The first-order valence-corrected chi connectivity index (χ1v) is 9.08. The molecule has 0 aromatic heterocycles. The molecule has 0 amide bonds. The number of rotatable bonds is 15. The summed E-state index contributed by atoms with van der Waals surface area (Å²) in [6.45, 7) is 12.0. The summed E-state index contributed by atoms with van der Waals surface area (Å²) in [5.74, 6) is 0.783. The van der Waals surface area contributed by atoms with Crippen molar-refractivity contribution in [2.45, 2.75) is 97.8 Å². The van der Waals surface area contributed by atoms with Gasteiger partial charge in [-0.05, 0) is 25.2 Å². The van der Waals surface area contributed by atoms with Crippen LogP contribution in [-0.2, 0) is 0 Å². The van der Waals surface area contributed by atoms with Crippen molar-refractivity contribution in [1.29, 1.82) is 0 Å². The molecule has 0 aliphatic rings. The molecular weight excluding hydrogens is 242 g/mol. The Morgan fingerprint density at radius 3 is 1.85 bits per heavy atom. The second kappa shape index (κ2) is 14.9. The Morgan fingerprint density at radius 2 is 1.35 bits per heavy atom. The van der Waals surface area contributed by atoms with Crippen LogP contribution in [0.25, 0.3) is 0 Å². The van der Waals surface area contributed by atoms with E-state index in [-0.39, 0.29) is 0 Å². The Hall–Kier alpha value is -0.460. The topological polar surface area (TPSA) is 12.0 Å². The third kappa shape index (κ3) is 15.6. The quantitative estimate of drug-likeness (QED) is 0.340. The van der Waals surface area contributed by atoms with Gasteiger partial charge in [0, 0.05) is 12.2 Å². The van der Waals surface area contributed by atoms with E-state index in [2.05, 4.69) is 32.7 Å². The zero-order valence-electron chi connectivity index (χ0n) is 14.5. The first-order chi connectivity index (χ1) is 9.66. The van der Waals surface area contributed by atoms with E-state index < -0.39 is 0 Å². The lowest BCUT2D eigenvalue weighted by molar-refractivity contribution is 0.541. The molecule has 0 unspecified atom stereocenters. The van der Waals surface area contributed by atoms with Gasteiger partial charge < -0.3 is 5.32 Å². The molecule has 1 heteroatoms. The van der Waals surface area contributed by atoms with E-state index in [4.69, 9.17) is 0 Å². The highest BCUT2D eigenvalue weighted by molar-refractivity contribution is 4.90. The average molecular weight is 282 g/mol. The molecule has 0 radical (unpaired) electrons. The SMILES string of the molecule is C=C(CCC(C)C)NCCCCCCCCCCCC. The molecule has 0 aromatic rings. The van der Waals surface area contributed by atoms with E-state index in [1.54, 1.807) is 0 Å². The average Bonchev–Trinajstić information content (AvgIpc) is 2.42. The standard InChI is InChI=1S/C19H39N/c1-5-6-7-8-9-10-11-12-13-14-17-20-19(4)16-15-18(2)3/h18,20H,4-17H2,1-3H3. The van der Waals surface area contributed by atoms with Crippen molar-refractivity contribution in [2.24, 2.45) is 5.92 Å². The molecule has 0 aliphatic carbocycles. The van der Waals surface area contributed by atoms with Gasteiger partial charge in [0.05, 0.1) is 0 Å². The van der Waals surface area contributed by atoms with Gasteiger partial charge in [-0.3, -0.25) is 0 Å². The summed E-state index contributed by atoms with van der Waals surface area (Å²) in [4.78, 5) is 0. The smallest absolute Gasteiger partial charge is 0.0143 e. The van der Waals surface area contributed by atoms with Crippen LogP contribution in [0.3, 0.4) is 0 Å². The van der Waals surface area contributed by atoms with Gasteiger partial charge >= 0.3 is 0 Å². The van der Waals surface area contributed by atoms with E-state index in [0.717, 1.165) is 18.9 Å². The molecule has 1 nitrogen and oxygen atoms in total. The zero-order chi connectivity index (χ0) is 15.1. The van der Waals surface area contributed by atoms with Crippen LogP contribution in [0.5, 0.6) is 0 Å². The Kier molecular flexibility index (Phi) is 14.6. The fourth-order valence-electron chi connectivity index (χ4n) is 2.43. The molecule has 0 aromatic carbocycles. The normalized spacial score (nSPS) is 11.0. The van der Waals surface area contributed by atoms with E-state index in [1.807, 2.05) is 0 Å². The molecule has 20 heavy (non-hydrogen) atoms. The van der Waals surface area contributed by atoms with E-state index in [9.17, 15) is 0 Å². The van der Waals surface area contributed by atoms with Crippen LogP contribution in [0.4, 0.5) is 0 Å². The molecule has 0 aliphatic heterocycles. The molecule has 0 saturated carbocycles. The van der Waals surface area contributed by atoms with Gasteiger partial charge in [0.2, 0.25) is 0 Å². The summed E-state index contributed by atoms with van der Waals surface area (Å²) in [6.07, 6.45) is 16.5. The number of hydrogen-bond donors (Lipinski definition) is 1. The predicted molar refractivity (Wildman–Crippen MR) is 93.1 cm³/mol. The summed E-state index contributed by atoms with van der Waals surface area (Å²) in [7, 11) is 0. The maximum atomic E-state index is 4.10. The van der Waals surface area contributed by atoms with Crippen molar-refractivity contribution in [3.63, 3.8) is 0 Å². The largest absolute Gasteiger partial charge is 0.389 e. The van der Waals surface area contributed by atoms with Crippen LogP contribution in [0.1, 0.15) is 97.8 Å². The van der Waals surface area contributed by atoms with Crippen molar-refractivity contribution in [2.75, 3.05) is 6.54 Å². The molecule has 0 heterocycles. The fourth-order valence-corrected chi connectivity index (χ4v) is 2.43. The van der Waals surface area contributed by atoms with Gasteiger partial charge in [-0.2, -0.15) is 0 Å². The fraction of sp³-hybridized carbons (Fsp3) is 0.895. The molecule has 0 fully saturated rings. The highest BCUT2D eigenvalue weighted by atomic mass is 14.9. The summed E-state index contributed by atoms with van der Waals surface area (Å²) in [5.41, 5.74) is 1.23. The third-order valence-corrected chi connectivity index (χ3v) is 3.93. The Balaban J connectivity index is 3.11. The minimum Gasteiger partial charge on any atom is -0.389 e. The van der Waals surface area contributed by atoms with Crippen LogP contribution in [0.2, 0.25) is 0 Å². The van der Waals surface area contributed by atoms with Gasteiger partial charge in [0.25, 0.3) is 0 Å². The molecule has 0 bridgehead atoms. The van der Waals surface area contributed by atoms with Crippen LogP contribution < -0.4 is 5.32 Å². The van der Waals surface area contributed by atoms with E-state index in [0.29, 0.717) is 0 Å². The van der Waals surface area contributed by atoms with Gasteiger partial charge in [-0.15, -0.1) is 0 Å². The Bertz CT molecular complexity index is 208. The van der Waals surface area contributed by atoms with Gasteiger partial charge in [-0.25, -0.2) is 0 Å². The third-order valence-electron chi connectivity index (χ3n) is 3.93. The summed E-state index contributed by atoms with van der Waals surface area (Å²) >= 11 is 0. The monoisotopic (exact) mass is 281 g/mol. The molecule has 120 valence electrons. The molecule has 0 spiro atoms. The first-order valence-electron chi connectivity index (χ1n) is 9.08. The number of unbranched alkanes of at least 4 members (excludes halogenated alkanes) is 9. The van der Waals surface area contributed by atoms with E-state index in [1.165, 1.54) is 76.3 Å². The molecule has 0 atom stereocenters. The van der Waals surface area contributed by atoms with Gasteiger partial charge in [-0.1, -0.05) is 85.1 Å². The lowest BCUT2D eigenvalue weighted by Crippen LogP contribution is -2.14. The first kappa shape index (κ1) is 19.5. The molecule has 0 rings (SSSR count). The second-order valence-electron chi connectivity index (χ2n) is 6.64. The van der Waals surface area contributed by atoms with Crippen molar-refractivity contribution in [1.82, 2.24) is 5.32 Å². The summed E-state index contributed by atoms with van der Waals surface area (Å²) in [5, 5.41) is 3.47. The van der Waals surface area contributed by atoms with Crippen LogP contribution in [-0.4, -0.2) is 6.54 Å². The van der Waals surface area contributed by atoms with Crippen molar-refractivity contribution >= 4 is 0 Å². The summed E-state index contributed by atoms with van der Waals surface area (Å²) < 4.78 is 0. The van der Waals surface area contributed by atoms with Crippen molar-refractivity contribution in [3.05, 3.63) is 12.3 Å². The number of nitrogens with one attached hydrogen (secondary N) is 1. The van der Waals surface area contributed by atoms with Crippen molar-refractivity contribution < 1.29 is 0 Å². The second-order valence-corrected chi connectivity index (χ2v) is 6.64. The number of hydrogen-bond acceptors (Lipinski definition) is 1. The molecule has 0 saturated heterocycles. The van der Waals surface area contributed by atoms with Crippen LogP contribution >= 0.6 is 0 Å². The van der Waals surface area contributed by atoms with Crippen LogP contribution in [0, 0.1) is 5.92 Å². The Labute approximate surface area is 128 Å². The molecular formula is C19H39N. The Morgan fingerprint density at radius 1 is 0.850 bits per heavy atom. The summed E-state index contributed by atoms with van der Waals surface area (Å²) in [6, 6.07) is 0. The maximum Gasteiger partial charge on any atom is 0.0143 e. The predicted octanol–water partition coefficient (Wildman–Crippen LogP) is 6.45.